The Kier molecular flexibility index (Phi) is 7.86. The van der Waals surface area contributed by atoms with Gasteiger partial charge in [0.1, 0.15) is 11.4 Å². The van der Waals surface area contributed by atoms with E-state index in [1.165, 1.54) is 12.1 Å². The Balaban J connectivity index is 0.000000426. The van der Waals surface area contributed by atoms with Gasteiger partial charge in [0.2, 0.25) is 6.79 Å². The number of carboxylic acids is 1. The summed E-state index contributed by atoms with van der Waals surface area (Å²) in [4.78, 5) is 36.0. The first-order chi connectivity index (χ1) is 18.0. The standard InChI is InChI=1S/C23H21FN2O5.C2HF3O2/c24-15-4-5-17-18(27)11-21(31-20(17)10-15)23(28)25-16-6-8-26(9-7-16)12-14-2-1-3-19-22(14)30-13-29-19;3-2(4,5)1(6)7/h1-5,10-11,16H,6-9,12-13H2,(H,25,28);(H,6,7). The van der Waals surface area contributed by atoms with E-state index in [1.807, 2.05) is 18.2 Å². The Bertz CT molecular complexity index is 1400. The maximum atomic E-state index is 13.5. The number of fused-ring (bicyclic) bond motifs is 2. The van der Waals surface area contributed by atoms with Crippen LogP contribution in [0, 0.1) is 5.82 Å². The van der Waals surface area contributed by atoms with E-state index in [1.54, 1.807) is 0 Å². The fourth-order valence-electron chi connectivity index (χ4n) is 4.09. The van der Waals surface area contributed by atoms with E-state index in [9.17, 15) is 27.2 Å². The number of carbonyl (C=O) groups is 2. The number of rotatable bonds is 4. The SMILES string of the molecule is O=C(NC1CCN(Cc2cccc3c2OCO3)CC1)c1cc(=O)c2ccc(F)cc2o1.O=C(O)C(F)(F)F. The molecule has 13 heteroatoms. The van der Waals surface area contributed by atoms with E-state index in [0.717, 1.165) is 61.7 Å². The molecule has 0 unspecified atom stereocenters. The quantitative estimate of drug-likeness (QED) is 0.483. The van der Waals surface area contributed by atoms with Crippen molar-refractivity contribution in [1.82, 2.24) is 10.2 Å². The summed E-state index contributed by atoms with van der Waals surface area (Å²) in [6.45, 7) is 2.61. The molecule has 0 bridgehead atoms. The van der Waals surface area contributed by atoms with Gasteiger partial charge in [-0.2, -0.15) is 13.2 Å². The molecule has 1 amide bonds. The lowest BCUT2D eigenvalue weighted by atomic mass is 10.0. The van der Waals surface area contributed by atoms with Crippen molar-refractivity contribution in [2.75, 3.05) is 19.9 Å². The summed E-state index contributed by atoms with van der Waals surface area (Å²) in [6, 6.07) is 10.7. The second-order valence-corrected chi connectivity index (χ2v) is 8.59. The van der Waals surface area contributed by atoms with E-state index in [0.29, 0.717) is 0 Å². The summed E-state index contributed by atoms with van der Waals surface area (Å²) in [5.41, 5.74) is 0.777. The number of hydrogen-bond acceptors (Lipinski definition) is 7. The first-order valence-corrected chi connectivity index (χ1v) is 11.5. The van der Waals surface area contributed by atoms with Gasteiger partial charge in [-0.25, -0.2) is 9.18 Å². The third kappa shape index (κ3) is 6.40. The van der Waals surface area contributed by atoms with Crippen LogP contribution < -0.4 is 20.2 Å². The lowest BCUT2D eigenvalue weighted by Gasteiger charge is -2.32. The van der Waals surface area contributed by atoms with Crippen molar-refractivity contribution in [3.8, 4) is 11.5 Å². The van der Waals surface area contributed by atoms with Crippen LogP contribution in [0.15, 0.2) is 51.7 Å². The molecule has 9 nitrogen and oxygen atoms in total. The summed E-state index contributed by atoms with van der Waals surface area (Å²) in [6.07, 6.45) is -3.55. The van der Waals surface area contributed by atoms with Crippen molar-refractivity contribution in [2.24, 2.45) is 0 Å². The summed E-state index contributed by atoms with van der Waals surface area (Å²) < 4.78 is 61.7. The van der Waals surface area contributed by atoms with Crippen LogP contribution in [-0.4, -0.2) is 54.0 Å². The van der Waals surface area contributed by atoms with Gasteiger partial charge in [-0.05, 0) is 31.0 Å². The number of nitrogens with one attached hydrogen (secondary N) is 1. The highest BCUT2D eigenvalue weighted by Gasteiger charge is 2.38. The molecule has 38 heavy (non-hydrogen) atoms. The van der Waals surface area contributed by atoms with Crippen molar-refractivity contribution in [2.45, 2.75) is 31.6 Å². The normalized spacial score (nSPS) is 15.6. The number of ether oxygens (including phenoxy) is 2. The van der Waals surface area contributed by atoms with Crippen LogP contribution in [0.2, 0.25) is 0 Å². The molecule has 1 fully saturated rings. The first kappa shape index (κ1) is 26.9. The molecule has 0 spiro atoms. The second-order valence-electron chi connectivity index (χ2n) is 8.59. The smallest absolute Gasteiger partial charge is 0.475 e. The molecular weight excluding hydrogens is 516 g/mol. The van der Waals surface area contributed by atoms with E-state index >= 15 is 0 Å². The predicted molar refractivity (Wildman–Crippen MR) is 124 cm³/mol. The third-order valence-corrected chi connectivity index (χ3v) is 5.95. The number of carboxylic acid groups (broad SMARTS) is 1. The summed E-state index contributed by atoms with van der Waals surface area (Å²) in [5.74, 6) is -2.28. The monoisotopic (exact) mass is 538 g/mol. The maximum absolute atomic E-state index is 13.5. The van der Waals surface area contributed by atoms with Crippen LogP contribution in [0.25, 0.3) is 11.0 Å². The highest BCUT2D eigenvalue weighted by Crippen LogP contribution is 2.36. The molecule has 0 atom stereocenters. The highest BCUT2D eigenvalue weighted by molar-refractivity contribution is 5.93. The molecule has 0 aliphatic carbocycles. The zero-order valence-corrected chi connectivity index (χ0v) is 19.7. The molecule has 2 aliphatic rings. The van der Waals surface area contributed by atoms with Gasteiger partial charge >= 0.3 is 12.1 Å². The molecular formula is C25H22F4N2O7. The number of benzene rings is 2. The van der Waals surface area contributed by atoms with Crippen LogP contribution in [0.3, 0.4) is 0 Å². The number of alkyl halides is 3. The Morgan fingerprint density at radius 1 is 1.08 bits per heavy atom. The van der Waals surface area contributed by atoms with Gasteiger partial charge in [0, 0.05) is 43.4 Å². The van der Waals surface area contributed by atoms with E-state index in [2.05, 4.69) is 10.2 Å². The molecule has 1 saturated heterocycles. The first-order valence-electron chi connectivity index (χ1n) is 11.5. The van der Waals surface area contributed by atoms with Gasteiger partial charge in [-0.3, -0.25) is 14.5 Å². The lowest BCUT2D eigenvalue weighted by Crippen LogP contribution is -2.44. The fraction of sp³-hybridized carbons (Fsp3) is 0.320. The molecule has 202 valence electrons. The van der Waals surface area contributed by atoms with Crippen molar-refractivity contribution < 1.29 is 46.1 Å². The molecule has 1 aromatic heterocycles. The number of nitrogens with zero attached hydrogens (tertiary/aromatic N) is 1. The maximum Gasteiger partial charge on any atom is 0.490 e. The molecule has 3 aromatic rings. The number of para-hydroxylation sites is 1. The summed E-state index contributed by atoms with van der Waals surface area (Å²) >= 11 is 0. The number of amides is 1. The largest absolute Gasteiger partial charge is 0.490 e. The molecule has 2 aliphatic heterocycles. The van der Waals surface area contributed by atoms with Crippen molar-refractivity contribution in [3.05, 3.63) is 69.8 Å². The molecule has 3 heterocycles. The third-order valence-electron chi connectivity index (χ3n) is 5.95. The van der Waals surface area contributed by atoms with Crippen LogP contribution in [0.4, 0.5) is 17.6 Å². The Morgan fingerprint density at radius 2 is 1.79 bits per heavy atom. The van der Waals surface area contributed by atoms with Crippen molar-refractivity contribution >= 4 is 22.8 Å². The number of aliphatic carboxylic acids is 1. The van der Waals surface area contributed by atoms with Crippen LogP contribution in [0.5, 0.6) is 11.5 Å². The second kappa shape index (κ2) is 11.1. The van der Waals surface area contributed by atoms with Crippen molar-refractivity contribution in [3.63, 3.8) is 0 Å². The van der Waals surface area contributed by atoms with Crippen molar-refractivity contribution in [1.29, 1.82) is 0 Å². The summed E-state index contributed by atoms with van der Waals surface area (Å²) in [5, 5.41) is 10.3. The minimum atomic E-state index is -5.08. The van der Waals surface area contributed by atoms with Crippen LogP contribution >= 0.6 is 0 Å². The van der Waals surface area contributed by atoms with Crippen LogP contribution in [-0.2, 0) is 11.3 Å². The minimum Gasteiger partial charge on any atom is -0.475 e. The van der Waals surface area contributed by atoms with Gasteiger partial charge in [0.15, 0.2) is 22.7 Å². The summed E-state index contributed by atoms with van der Waals surface area (Å²) in [7, 11) is 0. The molecule has 0 saturated carbocycles. The van der Waals surface area contributed by atoms with Gasteiger partial charge in [-0.15, -0.1) is 0 Å². The Morgan fingerprint density at radius 3 is 2.47 bits per heavy atom. The van der Waals surface area contributed by atoms with E-state index in [-0.39, 0.29) is 35.0 Å². The number of halogens is 4. The van der Waals surface area contributed by atoms with E-state index in [4.69, 9.17) is 23.8 Å². The van der Waals surface area contributed by atoms with E-state index < -0.39 is 23.9 Å². The Hall–Kier alpha value is -4.13. The zero-order valence-electron chi connectivity index (χ0n) is 19.7. The number of piperidine rings is 1. The molecule has 2 N–H and O–H groups in total. The van der Waals surface area contributed by atoms with Gasteiger partial charge in [0.25, 0.3) is 5.91 Å². The van der Waals surface area contributed by atoms with Crippen LogP contribution in [0.1, 0.15) is 29.0 Å². The van der Waals surface area contributed by atoms with Gasteiger partial charge in [0.05, 0.1) is 5.39 Å². The fourth-order valence-corrected chi connectivity index (χ4v) is 4.09. The predicted octanol–water partition coefficient (Wildman–Crippen LogP) is 3.69. The average Bonchev–Trinajstić information content (AvgIpc) is 3.35. The number of carbonyl (C=O) groups excluding carboxylic acids is 1. The van der Waals surface area contributed by atoms with Gasteiger partial charge in [-0.1, -0.05) is 12.1 Å². The average molecular weight is 538 g/mol. The topological polar surface area (TPSA) is 118 Å². The zero-order chi connectivity index (χ0) is 27.4. The Labute approximate surface area is 212 Å². The number of likely N-dealkylation sites (tertiary alicyclic amines) is 1. The highest BCUT2D eigenvalue weighted by atomic mass is 19.4. The van der Waals surface area contributed by atoms with Gasteiger partial charge < -0.3 is 24.3 Å². The molecule has 5 rings (SSSR count). The molecule has 0 radical (unpaired) electrons. The lowest BCUT2D eigenvalue weighted by molar-refractivity contribution is -0.192. The minimum absolute atomic E-state index is 0.0293. The molecule has 2 aromatic carbocycles. The number of hydrogen-bond donors (Lipinski definition) is 2.